The Bertz CT molecular complexity index is 725. The molecule has 0 N–H and O–H groups in total. The lowest BCUT2D eigenvalue weighted by atomic mass is 9.81. The van der Waals surface area contributed by atoms with Crippen LogP contribution in [-0.2, 0) is 14.9 Å². The van der Waals surface area contributed by atoms with E-state index in [0.717, 1.165) is 11.1 Å². The molecule has 0 spiro atoms. The third-order valence-electron chi connectivity index (χ3n) is 4.47. The molecule has 1 aliphatic rings. The summed E-state index contributed by atoms with van der Waals surface area (Å²) in [6.07, 6.45) is -0.312. The monoisotopic (exact) mass is 323 g/mol. The molecule has 0 unspecified atom stereocenters. The van der Waals surface area contributed by atoms with Crippen LogP contribution in [0.25, 0.3) is 0 Å². The van der Waals surface area contributed by atoms with E-state index in [4.69, 9.17) is 4.74 Å². The number of cyclic esters (lactones) is 1. The molecule has 4 heteroatoms. The van der Waals surface area contributed by atoms with Crippen LogP contribution in [0.4, 0.5) is 4.79 Å². The third kappa shape index (κ3) is 3.18. The lowest BCUT2D eigenvalue weighted by Crippen LogP contribution is -2.37. The van der Waals surface area contributed by atoms with Gasteiger partial charge in [-0.25, -0.2) is 9.69 Å². The lowest BCUT2D eigenvalue weighted by Gasteiger charge is -2.28. The molecule has 2 aromatic rings. The zero-order chi connectivity index (χ0) is 17.2. The summed E-state index contributed by atoms with van der Waals surface area (Å²) in [6.45, 7) is 4.23. The summed E-state index contributed by atoms with van der Waals surface area (Å²) in [4.78, 5) is 26.2. The maximum atomic E-state index is 12.9. The fourth-order valence-electron chi connectivity index (χ4n) is 3.07. The van der Waals surface area contributed by atoms with Crippen molar-refractivity contribution in [3.8, 4) is 0 Å². The molecule has 0 aromatic heterocycles. The first kappa shape index (κ1) is 16.2. The van der Waals surface area contributed by atoms with E-state index in [2.05, 4.69) is 0 Å². The van der Waals surface area contributed by atoms with E-state index >= 15 is 0 Å². The molecular formula is C20H21NO3. The van der Waals surface area contributed by atoms with Crippen molar-refractivity contribution in [3.63, 3.8) is 0 Å². The van der Waals surface area contributed by atoms with Crippen molar-refractivity contribution in [1.82, 2.24) is 4.90 Å². The van der Waals surface area contributed by atoms with Crippen LogP contribution < -0.4 is 0 Å². The summed E-state index contributed by atoms with van der Waals surface area (Å²) in [7, 11) is 0. The fraction of sp³-hybridized carbons (Fsp3) is 0.300. The van der Waals surface area contributed by atoms with Gasteiger partial charge in [0.25, 0.3) is 0 Å². The average Bonchev–Trinajstić information content (AvgIpc) is 2.98. The van der Waals surface area contributed by atoms with Gasteiger partial charge in [0.2, 0.25) is 5.91 Å². The van der Waals surface area contributed by atoms with Crippen molar-refractivity contribution in [2.45, 2.75) is 31.7 Å². The van der Waals surface area contributed by atoms with Gasteiger partial charge in [-0.3, -0.25) is 4.79 Å². The molecule has 24 heavy (non-hydrogen) atoms. The van der Waals surface area contributed by atoms with Crippen molar-refractivity contribution in [1.29, 1.82) is 0 Å². The number of nitrogens with zero attached hydrogens (tertiary/aromatic N) is 1. The standard InChI is InChI=1S/C20H21NO3/c1-20(2,16-11-7-4-8-12-16)13-18(22)21-17(14-24-19(21)23)15-9-5-3-6-10-15/h3-12,17H,13-14H2,1-2H3/t17-/m0/s1. The number of hydrogen-bond donors (Lipinski definition) is 0. The number of hydrogen-bond acceptors (Lipinski definition) is 3. The molecule has 3 rings (SSSR count). The van der Waals surface area contributed by atoms with Crippen LogP contribution in [0, 0.1) is 0 Å². The van der Waals surface area contributed by atoms with Crippen LogP contribution in [0.1, 0.15) is 37.4 Å². The van der Waals surface area contributed by atoms with Gasteiger partial charge in [0.15, 0.2) is 0 Å². The number of carbonyl (C=O) groups is 2. The van der Waals surface area contributed by atoms with Gasteiger partial charge in [0, 0.05) is 6.42 Å². The minimum atomic E-state index is -0.558. The van der Waals surface area contributed by atoms with Gasteiger partial charge in [-0.2, -0.15) is 0 Å². The first-order valence-electron chi connectivity index (χ1n) is 8.08. The largest absolute Gasteiger partial charge is 0.446 e. The van der Waals surface area contributed by atoms with Crippen LogP contribution in [0.15, 0.2) is 60.7 Å². The van der Waals surface area contributed by atoms with Crippen molar-refractivity contribution in [2.75, 3.05) is 6.61 Å². The SMILES string of the molecule is CC(C)(CC(=O)N1C(=O)OC[C@H]1c1ccccc1)c1ccccc1. The first-order valence-corrected chi connectivity index (χ1v) is 8.08. The van der Waals surface area contributed by atoms with E-state index in [1.54, 1.807) is 0 Å². The fourth-order valence-corrected chi connectivity index (χ4v) is 3.07. The Balaban J connectivity index is 1.81. The van der Waals surface area contributed by atoms with Crippen molar-refractivity contribution >= 4 is 12.0 Å². The lowest BCUT2D eigenvalue weighted by molar-refractivity contribution is -0.130. The van der Waals surface area contributed by atoms with Crippen LogP contribution in [0.3, 0.4) is 0 Å². The molecule has 124 valence electrons. The number of carbonyl (C=O) groups excluding carboxylic acids is 2. The Morgan fingerprint density at radius 2 is 1.67 bits per heavy atom. The minimum absolute atomic E-state index is 0.208. The number of amides is 2. The highest BCUT2D eigenvalue weighted by atomic mass is 16.6. The molecule has 1 saturated heterocycles. The van der Waals surface area contributed by atoms with Gasteiger partial charge in [-0.05, 0) is 16.5 Å². The number of rotatable bonds is 4. The maximum Gasteiger partial charge on any atom is 0.417 e. The molecule has 1 atom stereocenters. The zero-order valence-electron chi connectivity index (χ0n) is 13.9. The van der Waals surface area contributed by atoms with Crippen LogP contribution in [0.2, 0.25) is 0 Å². The van der Waals surface area contributed by atoms with Gasteiger partial charge >= 0.3 is 6.09 Å². The highest BCUT2D eigenvalue weighted by molar-refractivity contribution is 5.94. The van der Waals surface area contributed by atoms with E-state index in [1.165, 1.54) is 4.90 Å². The maximum absolute atomic E-state index is 12.9. The average molecular weight is 323 g/mol. The molecule has 4 nitrogen and oxygen atoms in total. The molecule has 2 amide bonds. The van der Waals surface area contributed by atoms with E-state index in [-0.39, 0.29) is 30.4 Å². The number of ether oxygens (including phenoxy) is 1. The molecular weight excluding hydrogens is 302 g/mol. The summed E-state index contributed by atoms with van der Waals surface area (Å²) in [5, 5.41) is 0. The Hall–Kier alpha value is -2.62. The van der Waals surface area contributed by atoms with Gasteiger partial charge in [0.1, 0.15) is 12.6 Å². The quantitative estimate of drug-likeness (QED) is 0.852. The van der Waals surface area contributed by atoms with Crippen LogP contribution in [-0.4, -0.2) is 23.5 Å². The van der Waals surface area contributed by atoms with Crippen molar-refractivity contribution in [2.24, 2.45) is 0 Å². The van der Waals surface area contributed by atoms with E-state index in [9.17, 15) is 9.59 Å². The molecule has 1 heterocycles. The molecule has 0 bridgehead atoms. The van der Waals surface area contributed by atoms with Gasteiger partial charge < -0.3 is 4.74 Å². The second kappa shape index (κ2) is 6.48. The molecule has 0 aliphatic carbocycles. The molecule has 1 fully saturated rings. The Morgan fingerprint density at radius 3 is 2.29 bits per heavy atom. The first-order chi connectivity index (χ1) is 11.5. The summed E-state index contributed by atoms with van der Waals surface area (Å²) in [5.74, 6) is -0.208. The highest BCUT2D eigenvalue weighted by Crippen LogP contribution is 2.33. The molecule has 0 saturated carbocycles. The van der Waals surface area contributed by atoms with E-state index in [1.807, 2.05) is 74.5 Å². The molecule has 0 radical (unpaired) electrons. The third-order valence-corrected chi connectivity index (χ3v) is 4.47. The number of benzene rings is 2. The number of imide groups is 1. The van der Waals surface area contributed by atoms with Crippen LogP contribution >= 0.6 is 0 Å². The Morgan fingerprint density at radius 1 is 1.08 bits per heavy atom. The predicted molar refractivity (Wildman–Crippen MR) is 91.5 cm³/mol. The van der Waals surface area contributed by atoms with Crippen LogP contribution in [0.5, 0.6) is 0 Å². The van der Waals surface area contributed by atoms with Gasteiger partial charge in [0.05, 0.1) is 0 Å². The van der Waals surface area contributed by atoms with E-state index < -0.39 is 6.09 Å². The van der Waals surface area contributed by atoms with E-state index in [0.29, 0.717) is 0 Å². The zero-order valence-corrected chi connectivity index (χ0v) is 13.9. The summed E-state index contributed by atoms with van der Waals surface area (Å²) < 4.78 is 5.14. The van der Waals surface area contributed by atoms with Gasteiger partial charge in [-0.15, -0.1) is 0 Å². The Kier molecular flexibility index (Phi) is 4.38. The van der Waals surface area contributed by atoms with Crippen molar-refractivity contribution < 1.29 is 14.3 Å². The smallest absolute Gasteiger partial charge is 0.417 e. The molecule has 1 aliphatic heterocycles. The minimum Gasteiger partial charge on any atom is -0.446 e. The molecule has 2 aromatic carbocycles. The topological polar surface area (TPSA) is 46.6 Å². The van der Waals surface area contributed by atoms with Gasteiger partial charge in [-0.1, -0.05) is 74.5 Å². The summed E-state index contributed by atoms with van der Waals surface area (Å²) in [5.41, 5.74) is 1.62. The van der Waals surface area contributed by atoms with Crippen molar-refractivity contribution in [3.05, 3.63) is 71.8 Å². The highest BCUT2D eigenvalue weighted by Gasteiger charge is 2.40. The Labute approximate surface area is 142 Å². The second-order valence-electron chi connectivity index (χ2n) is 6.69. The normalized spacial score (nSPS) is 17.7. The summed E-state index contributed by atoms with van der Waals surface area (Å²) >= 11 is 0. The second-order valence-corrected chi connectivity index (χ2v) is 6.69. The summed E-state index contributed by atoms with van der Waals surface area (Å²) in [6, 6.07) is 19.0. The predicted octanol–water partition coefficient (Wildman–Crippen LogP) is 4.07.